The van der Waals surface area contributed by atoms with E-state index in [1.807, 2.05) is 13.8 Å². The molecule has 0 aliphatic rings. The van der Waals surface area contributed by atoms with E-state index >= 15 is 0 Å². The monoisotopic (exact) mass is 363 g/mol. The number of esters is 1. The maximum atomic E-state index is 11.6. The molecule has 2 atom stereocenters. The maximum absolute atomic E-state index is 11.6. The first kappa shape index (κ1) is 23.8. The van der Waals surface area contributed by atoms with Crippen molar-refractivity contribution in [3.05, 3.63) is 0 Å². The minimum Gasteiger partial charge on any atom is -0.460 e. The summed E-state index contributed by atoms with van der Waals surface area (Å²) in [5, 5.41) is 21.5. The molecule has 0 saturated heterocycles. The van der Waals surface area contributed by atoms with Crippen molar-refractivity contribution >= 4 is 11.9 Å². The topological polar surface area (TPSA) is 114 Å². The first-order chi connectivity index (χ1) is 11.9. The molecule has 0 saturated carbocycles. The Kier molecular flexibility index (Phi) is 14.3. The molecule has 0 bridgehead atoms. The van der Waals surface area contributed by atoms with Gasteiger partial charge in [0.15, 0.2) is 6.29 Å². The molecule has 3 N–H and O–H groups in total. The average molecular weight is 363 g/mol. The second-order valence-electron chi connectivity index (χ2n) is 6.14. The summed E-state index contributed by atoms with van der Waals surface area (Å²) in [4.78, 5) is 23.1. The van der Waals surface area contributed by atoms with Gasteiger partial charge < -0.3 is 29.7 Å². The Labute approximate surface area is 149 Å². The van der Waals surface area contributed by atoms with Crippen molar-refractivity contribution < 1.29 is 34.0 Å². The number of hydrogen-bond acceptors (Lipinski definition) is 7. The molecule has 0 spiro atoms. The summed E-state index contributed by atoms with van der Waals surface area (Å²) in [6, 6.07) is 0. The van der Waals surface area contributed by atoms with Gasteiger partial charge in [-0.05, 0) is 25.2 Å². The summed E-state index contributed by atoms with van der Waals surface area (Å²) in [5.41, 5.74) is 0. The van der Waals surface area contributed by atoms with Gasteiger partial charge in [-0.3, -0.25) is 9.59 Å². The fourth-order valence-corrected chi connectivity index (χ4v) is 1.97. The minimum atomic E-state index is -1.28. The number of hydrogen-bond donors (Lipinski definition) is 3. The van der Waals surface area contributed by atoms with Crippen LogP contribution in [0.5, 0.6) is 0 Å². The van der Waals surface area contributed by atoms with Crippen molar-refractivity contribution in [2.24, 2.45) is 5.92 Å². The Balaban J connectivity index is 3.71. The molecule has 0 fully saturated rings. The molecule has 0 radical (unpaired) electrons. The van der Waals surface area contributed by atoms with Gasteiger partial charge in [-0.2, -0.15) is 0 Å². The minimum absolute atomic E-state index is 0.0309. The van der Waals surface area contributed by atoms with Crippen LogP contribution >= 0.6 is 0 Å². The first-order valence-corrected chi connectivity index (χ1v) is 8.76. The SMILES string of the molecule is COCCCCNC(=O)CCCC(=O)OCC(O)OC(CO)C(C)C. The Morgan fingerprint density at radius 2 is 1.84 bits per heavy atom. The normalized spacial score (nSPS) is 13.5. The van der Waals surface area contributed by atoms with Crippen molar-refractivity contribution in [3.8, 4) is 0 Å². The van der Waals surface area contributed by atoms with Crippen LogP contribution in [-0.4, -0.2) is 68.0 Å². The zero-order chi connectivity index (χ0) is 19.1. The van der Waals surface area contributed by atoms with Gasteiger partial charge in [-0.1, -0.05) is 13.8 Å². The molecule has 0 aromatic rings. The molecule has 8 nitrogen and oxygen atoms in total. The summed E-state index contributed by atoms with van der Waals surface area (Å²) in [6.07, 6.45) is 0.674. The lowest BCUT2D eigenvalue weighted by molar-refractivity contribution is -0.190. The Hall–Kier alpha value is -1.22. The fraction of sp³-hybridized carbons (Fsp3) is 0.882. The predicted octanol–water partition coefficient (Wildman–Crippen LogP) is 0.595. The van der Waals surface area contributed by atoms with Gasteiger partial charge in [0, 0.05) is 33.1 Å². The second-order valence-corrected chi connectivity index (χ2v) is 6.14. The highest BCUT2D eigenvalue weighted by Crippen LogP contribution is 2.08. The predicted molar refractivity (Wildman–Crippen MR) is 91.7 cm³/mol. The molecular formula is C17H33NO7. The van der Waals surface area contributed by atoms with Crippen molar-refractivity contribution in [3.63, 3.8) is 0 Å². The number of nitrogens with one attached hydrogen (secondary N) is 1. The molecule has 0 aromatic heterocycles. The average Bonchev–Trinajstić information content (AvgIpc) is 2.57. The van der Waals surface area contributed by atoms with Crippen LogP contribution in [0.15, 0.2) is 0 Å². The van der Waals surface area contributed by atoms with E-state index in [2.05, 4.69) is 5.32 Å². The largest absolute Gasteiger partial charge is 0.460 e. The lowest BCUT2D eigenvalue weighted by Crippen LogP contribution is -2.32. The Morgan fingerprint density at radius 1 is 1.12 bits per heavy atom. The van der Waals surface area contributed by atoms with Crippen LogP contribution < -0.4 is 5.32 Å². The Morgan fingerprint density at radius 3 is 2.44 bits per heavy atom. The first-order valence-electron chi connectivity index (χ1n) is 8.76. The molecule has 2 unspecified atom stereocenters. The highest BCUT2D eigenvalue weighted by molar-refractivity contribution is 5.76. The van der Waals surface area contributed by atoms with E-state index in [1.165, 1.54) is 0 Å². The number of ether oxygens (including phenoxy) is 3. The van der Waals surface area contributed by atoms with Crippen LogP contribution in [0.4, 0.5) is 0 Å². The zero-order valence-corrected chi connectivity index (χ0v) is 15.5. The van der Waals surface area contributed by atoms with Crippen molar-refractivity contribution in [1.82, 2.24) is 5.32 Å². The molecule has 0 heterocycles. The van der Waals surface area contributed by atoms with Crippen molar-refractivity contribution in [2.45, 2.75) is 58.3 Å². The number of rotatable bonds is 15. The number of aliphatic hydroxyl groups is 2. The summed E-state index contributed by atoms with van der Waals surface area (Å²) in [5.74, 6) is -0.569. The van der Waals surface area contributed by atoms with E-state index in [9.17, 15) is 14.7 Å². The number of carbonyl (C=O) groups excluding carboxylic acids is 2. The van der Waals surface area contributed by atoms with Gasteiger partial charge in [0.1, 0.15) is 6.61 Å². The number of methoxy groups -OCH3 is 1. The van der Waals surface area contributed by atoms with E-state index in [0.717, 1.165) is 12.8 Å². The van der Waals surface area contributed by atoms with E-state index in [1.54, 1.807) is 7.11 Å². The van der Waals surface area contributed by atoms with Gasteiger partial charge >= 0.3 is 5.97 Å². The lowest BCUT2D eigenvalue weighted by Gasteiger charge is -2.22. The Bertz CT molecular complexity index is 363. The molecule has 0 aliphatic heterocycles. The highest BCUT2D eigenvalue weighted by atomic mass is 16.6. The maximum Gasteiger partial charge on any atom is 0.305 e. The highest BCUT2D eigenvalue weighted by Gasteiger charge is 2.18. The number of unbranched alkanes of at least 4 members (excludes halogenated alkanes) is 1. The smallest absolute Gasteiger partial charge is 0.305 e. The second kappa shape index (κ2) is 15.1. The van der Waals surface area contributed by atoms with Crippen LogP contribution in [0.1, 0.15) is 46.0 Å². The standard InChI is InChI=1S/C17H33NO7/c1-13(2)14(11-19)25-17(22)12-24-16(21)8-6-7-15(20)18-9-4-5-10-23-3/h13-14,17,19,22H,4-12H2,1-3H3,(H,18,20). The molecule has 0 aliphatic carbocycles. The van der Waals surface area contributed by atoms with E-state index in [4.69, 9.17) is 19.3 Å². The summed E-state index contributed by atoms with van der Waals surface area (Å²) in [7, 11) is 1.64. The third-order valence-corrected chi connectivity index (χ3v) is 3.52. The molecule has 8 heteroatoms. The van der Waals surface area contributed by atoms with E-state index in [-0.39, 0.29) is 37.9 Å². The van der Waals surface area contributed by atoms with Gasteiger partial charge in [0.05, 0.1) is 12.7 Å². The van der Waals surface area contributed by atoms with E-state index < -0.39 is 18.4 Å². The zero-order valence-electron chi connectivity index (χ0n) is 15.5. The third-order valence-electron chi connectivity index (χ3n) is 3.52. The van der Waals surface area contributed by atoms with Crippen LogP contribution in [0.25, 0.3) is 0 Å². The third kappa shape index (κ3) is 13.7. The van der Waals surface area contributed by atoms with Gasteiger partial charge in [0.2, 0.25) is 5.91 Å². The quantitative estimate of drug-likeness (QED) is 0.222. The molecular weight excluding hydrogens is 330 g/mol. The van der Waals surface area contributed by atoms with Crippen LogP contribution in [-0.2, 0) is 23.8 Å². The van der Waals surface area contributed by atoms with Gasteiger partial charge in [0.25, 0.3) is 0 Å². The van der Waals surface area contributed by atoms with Crippen molar-refractivity contribution in [1.29, 1.82) is 0 Å². The number of carbonyl (C=O) groups is 2. The van der Waals surface area contributed by atoms with Crippen LogP contribution in [0, 0.1) is 5.92 Å². The van der Waals surface area contributed by atoms with E-state index in [0.29, 0.717) is 19.6 Å². The fourth-order valence-electron chi connectivity index (χ4n) is 1.97. The van der Waals surface area contributed by atoms with Gasteiger partial charge in [-0.25, -0.2) is 0 Å². The van der Waals surface area contributed by atoms with Gasteiger partial charge in [-0.15, -0.1) is 0 Å². The van der Waals surface area contributed by atoms with Crippen LogP contribution in [0.3, 0.4) is 0 Å². The molecule has 0 aromatic carbocycles. The van der Waals surface area contributed by atoms with Crippen LogP contribution in [0.2, 0.25) is 0 Å². The summed E-state index contributed by atoms with van der Waals surface area (Å²) >= 11 is 0. The molecule has 148 valence electrons. The molecule has 0 rings (SSSR count). The summed E-state index contributed by atoms with van der Waals surface area (Å²) in [6.45, 7) is 4.45. The summed E-state index contributed by atoms with van der Waals surface area (Å²) < 4.78 is 15.0. The lowest BCUT2D eigenvalue weighted by atomic mass is 10.1. The van der Waals surface area contributed by atoms with Crippen molar-refractivity contribution in [2.75, 3.05) is 33.5 Å². The number of aliphatic hydroxyl groups excluding tert-OH is 2. The molecule has 1 amide bonds. The molecule has 25 heavy (non-hydrogen) atoms. The number of amides is 1.